The van der Waals surface area contributed by atoms with Gasteiger partial charge in [0, 0.05) is 17.4 Å². The zero-order valence-corrected chi connectivity index (χ0v) is 13.2. The number of nitrogens with zero attached hydrogens (tertiary/aromatic N) is 3. The van der Waals surface area contributed by atoms with Crippen LogP contribution < -0.4 is 5.32 Å². The second-order valence-electron chi connectivity index (χ2n) is 5.70. The van der Waals surface area contributed by atoms with Gasteiger partial charge in [0.25, 0.3) is 5.91 Å². The van der Waals surface area contributed by atoms with Crippen molar-refractivity contribution in [3.63, 3.8) is 0 Å². The summed E-state index contributed by atoms with van der Waals surface area (Å²) in [4.78, 5) is 17.1. The number of pyridine rings is 1. The van der Waals surface area contributed by atoms with Gasteiger partial charge in [-0.1, -0.05) is 6.07 Å². The SMILES string of the molecule is Cc1cc(C(=O)Nc2cccc(F)c2)c2cnn(C(C)C)c2n1. The zero-order chi connectivity index (χ0) is 16.6. The molecule has 0 fully saturated rings. The molecule has 2 heterocycles. The smallest absolute Gasteiger partial charge is 0.256 e. The van der Waals surface area contributed by atoms with E-state index < -0.39 is 5.82 Å². The van der Waals surface area contributed by atoms with Crippen LogP contribution in [0.4, 0.5) is 10.1 Å². The van der Waals surface area contributed by atoms with Gasteiger partial charge >= 0.3 is 0 Å². The number of anilines is 1. The molecule has 6 heteroatoms. The predicted molar refractivity (Wildman–Crippen MR) is 87.0 cm³/mol. The third kappa shape index (κ3) is 2.92. The minimum absolute atomic E-state index is 0.140. The summed E-state index contributed by atoms with van der Waals surface area (Å²) >= 11 is 0. The van der Waals surface area contributed by atoms with Crippen molar-refractivity contribution in [2.45, 2.75) is 26.8 Å². The van der Waals surface area contributed by atoms with Gasteiger partial charge in [0.1, 0.15) is 5.82 Å². The van der Waals surface area contributed by atoms with Crippen LogP contribution in [0.2, 0.25) is 0 Å². The Kier molecular flexibility index (Phi) is 3.82. The number of fused-ring (bicyclic) bond motifs is 1. The Balaban J connectivity index is 2.03. The minimum Gasteiger partial charge on any atom is -0.322 e. The molecule has 3 aromatic rings. The number of carbonyl (C=O) groups is 1. The van der Waals surface area contributed by atoms with Crippen LogP contribution >= 0.6 is 0 Å². The molecule has 0 radical (unpaired) electrons. The fourth-order valence-corrected chi connectivity index (χ4v) is 2.47. The summed E-state index contributed by atoms with van der Waals surface area (Å²) in [5.74, 6) is -0.708. The number of carbonyl (C=O) groups excluding carboxylic acids is 1. The first-order valence-electron chi connectivity index (χ1n) is 7.37. The molecule has 2 aromatic heterocycles. The highest BCUT2D eigenvalue weighted by Gasteiger charge is 2.17. The summed E-state index contributed by atoms with van der Waals surface area (Å²) in [7, 11) is 0. The first-order chi connectivity index (χ1) is 11.0. The van der Waals surface area contributed by atoms with Crippen molar-refractivity contribution in [2.75, 3.05) is 5.32 Å². The van der Waals surface area contributed by atoms with Crippen LogP contribution in [0.5, 0.6) is 0 Å². The number of hydrogen-bond acceptors (Lipinski definition) is 3. The Morgan fingerprint density at radius 1 is 1.30 bits per heavy atom. The minimum atomic E-state index is -0.397. The third-order valence-corrected chi connectivity index (χ3v) is 3.51. The van der Waals surface area contributed by atoms with Gasteiger partial charge in [0.05, 0.1) is 17.1 Å². The number of hydrogen-bond donors (Lipinski definition) is 1. The predicted octanol–water partition coefficient (Wildman–Crippen LogP) is 3.71. The molecule has 1 aromatic carbocycles. The molecule has 23 heavy (non-hydrogen) atoms. The fraction of sp³-hybridized carbons (Fsp3) is 0.235. The van der Waals surface area contributed by atoms with Gasteiger partial charge in [-0.15, -0.1) is 0 Å². The van der Waals surface area contributed by atoms with E-state index in [9.17, 15) is 9.18 Å². The first kappa shape index (κ1) is 15.1. The van der Waals surface area contributed by atoms with Gasteiger partial charge in [-0.05, 0) is 45.0 Å². The van der Waals surface area contributed by atoms with Crippen LogP contribution in [-0.2, 0) is 0 Å². The molecule has 0 atom stereocenters. The summed E-state index contributed by atoms with van der Waals surface area (Å²) in [6.45, 7) is 5.84. The number of amides is 1. The molecule has 0 bridgehead atoms. The maximum atomic E-state index is 13.3. The van der Waals surface area contributed by atoms with Gasteiger partial charge in [0.2, 0.25) is 0 Å². The molecule has 0 aliphatic carbocycles. The van der Waals surface area contributed by atoms with E-state index >= 15 is 0 Å². The third-order valence-electron chi connectivity index (χ3n) is 3.51. The monoisotopic (exact) mass is 312 g/mol. The molecule has 1 N–H and O–H groups in total. The van der Waals surface area contributed by atoms with Crippen molar-refractivity contribution in [3.05, 3.63) is 53.6 Å². The van der Waals surface area contributed by atoms with E-state index in [1.165, 1.54) is 12.1 Å². The van der Waals surface area contributed by atoms with Crippen molar-refractivity contribution in [1.82, 2.24) is 14.8 Å². The largest absolute Gasteiger partial charge is 0.322 e. The lowest BCUT2D eigenvalue weighted by atomic mass is 10.1. The van der Waals surface area contributed by atoms with Gasteiger partial charge in [-0.2, -0.15) is 5.10 Å². The number of nitrogens with one attached hydrogen (secondary N) is 1. The average Bonchev–Trinajstić information content (AvgIpc) is 2.90. The summed E-state index contributed by atoms with van der Waals surface area (Å²) in [5.41, 5.74) is 2.28. The van der Waals surface area contributed by atoms with Crippen molar-refractivity contribution in [2.24, 2.45) is 0 Å². The summed E-state index contributed by atoms with van der Waals surface area (Å²) < 4.78 is 15.0. The van der Waals surface area contributed by atoms with E-state index in [0.29, 0.717) is 22.3 Å². The van der Waals surface area contributed by atoms with Crippen LogP contribution in [-0.4, -0.2) is 20.7 Å². The number of aryl methyl sites for hydroxylation is 1. The fourth-order valence-electron chi connectivity index (χ4n) is 2.47. The van der Waals surface area contributed by atoms with Crippen LogP contribution in [0.15, 0.2) is 36.5 Å². The lowest BCUT2D eigenvalue weighted by Crippen LogP contribution is -2.13. The first-order valence-corrected chi connectivity index (χ1v) is 7.37. The van der Waals surface area contributed by atoms with Crippen LogP contribution in [0, 0.1) is 12.7 Å². The summed E-state index contributed by atoms with van der Waals surface area (Å²) in [6, 6.07) is 7.65. The molecule has 3 rings (SSSR count). The highest BCUT2D eigenvalue weighted by atomic mass is 19.1. The Labute approximate surface area is 133 Å². The lowest BCUT2D eigenvalue weighted by Gasteiger charge is -2.09. The standard InChI is InChI=1S/C17H17FN4O/c1-10(2)22-16-15(9-19-22)14(7-11(3)20-16)17(23)21-13-6-4-5-12(18)8-13/h4-10H,1-3H3,(H,21,23). The highest BCUT2D eigenvalue weighted by Crippen LogP contribution is 2.22. The molecule has 0 aliphatic rings. The molecular weight excluding hydrogens is 295 g/mol. The molecule has 118 valence electrons. The number of aromatic nitrogens is 3. The maximum absolute atomic E-state index is 13.3. The lowest BCUT2D eigenvalue weighted by molar-refractivity contribution is 0.102. The Hall–Kier alpha value is -2.76. The topological polar surface area (TPSA) is 59.8 Å². The van der Waals surface area contributed by atoms with Gasteiger partial charge in [0.15, 0.2) is 5.65 Å². The van der Waals surface area contributed by atoms with E-state index in [4.69, 9.17) is 0 Å². The van der Waals surface area contributed by atoms with Gasteiger partial charge < -0.3 is 5.32 Å². The highest BCUT2D eigenvalue weighted by molar-refractivity contribution is 6.12. The molecule has 1 amide bonds. The molecule has 0 spiro atoms. The summed E-state index contributed by atoms with van der Waals surface area (Å²) in [6.07, 6.45) is 1.64. The Bertz CT molecular complexity index is 885. The van der Waals surface area contributed by atoms with E-state index in [0.717, 1.165) is 5.69 Å². The average molecular weight is 312 g/mol. The molecule has 0 unspecified atom stereocenters. The van der Waals surface area contributed by atoms with E-state index in [2.05, 4.69) is 15.4 Å². The van der Waals surface area contributed by atoms with Crippen molar-refractivity contribution in [3.8, 4) is 0 Å². The maximum Gasteiger partial charge on any atom is 0.256 e. The van der Waals surface area contributed by atoms with Crippen molar-refractivity contribution < 1.29 is 9.18 Å². The molecular formula is C17H17FN4O. The van der Waals surface area contributed by atoms with Crippen LogP contribution in [0.1, 0.15) is 35.9 Å². The van der Waals surface area contributed by atoms with Crippen molar-refractivity contribution in [1.29, 1.82) is 0 Å². The second-order valence-corrected chi connectivity index (χ2v) is 5.70. The number of rotatable bonds is 3. The van der Waals surface area contributed by atoms with E-state index in [-0.39, 0.29) is 11.9 Å². The molecule has 0 saturated heterocycles. The van der Waals surface area contributed by atoms with E-state index in [1.54, 1.807) is 29.1 Å². The van der Waals surface area contributed by atoms with Crippen LogP contribution in [0.25, 0.3) is 11.0 Å². The molecule has 0 saturated carbocycles. The van der Waals surface area contributed by atoms with Gasteiger partial charge in [-0.25, -0.2) is 14.1 Å². The molecule has 5 nitrogen and oxygen atoms in total. The molecule has 0 aliphatic heterocycles. The van der Waals surface area contributed by atoms with Crippen molar-refractivity contribution >= 4 is 22.6 Å². The Morgan fingerprint density at radius 3 is 2.78 bits per heavy atom. The summed E-state index contributed by atoms with van der Waals surface area (Å²) in [5, 5.41) is 7.71. The second kappa shape index (κ2) is 5.79. The van der Waals surface area contributed by atoms with Crippen LogP contribution in [0.3, 0.4) is 0 Å². The number of halogens is 1. The number of benzene rings is 1. The normalized spacial score (nSPS) is 11.2. The Morgan fingerprint density at radius 2 is 2.09 bits per heavy atom. The quantitative estimate of drug-likeness (QED) is 0.802. The van der Waals surface area contributed by atoms with E-state index in [1.807, 2.05) is 20.8 Å². The van der Waals surface area contributed by atoms with Gasteiger partial charge in [-0.3, -0.25) is 4.79 Å². The zero-order valence-electron chi connectivity index (χ0n) is 13.2.